The van der Waals surface area contributed by atoms with Gasteiger partial charge in [-0.15, -0.1) is 0 Å². The minimum atomic E-state index is -1.19. The average molecular weight is 200 g/mol. The summed E-state index contributed by atoms with van der Waals surface area (Å²) in [4.78, 5) is 21.6. The fraction of sp³-hybridized carbons (Fsp3) is 0.333. The number of rotatable bonds is 4. The van der Waals surface area contributed by atoms with Gasteiger partial charge in [0.15, 0.2) is 6.29 Å². The van der Waals surface area contributed by atoms with E-state index in [1.165, 1.54) is 13.8 Å². The third-order valence-electron chi connectivity index (χ3n) is 1.12. The van der Waals surface area contributed by atoms with Crippen LogP contribution in [0.25, 0.3) is 0 Å². The van der Waals surface area contributed by atoms with Crippen molar-refractivity contribution in [2.24, 2.45) is 0 Å². The van der Waals surface area contributed by atoms with Crippen LogP contribution in [0, 0.1) is 0 Å². The first-order chi connectivity index (χ1) is 6.47. The zero-order chi connectivity index (χ0) is 11.1. The van der Waals surface area contributed by atoms with E-state index in [0.29, 0.717) is 0 Å². The molecule has 5 nitrogen and oxygen atoms in total. The molecule has 0 radical (unpaired) electrons. The van der Waals surface area contributed by atoms with Crippen LogP contribution in [-0.2, 0) is 19.1 Å². The van der Waals surface area contributed by atoms with Crippen LogP contribution >= 0.6 is 0 Å². The van der Waals surface area contributed by atoms with Gasteiger partial charge in [-0.3, -0.25) is 0 Å². The van der Waals surface area contributed by atoms with Crippen molar-refractivity contribution >= 4 is 11.9 Å². The summed E-state index contributed by atoms with van der Waals surface area (Å²) in [6, 6.07) is 0. The molecular formula is C9H12O5. The minimum Gasteiger partial charge on any atom is -0.433 e. The largest absolute Gasteiger partial charge is 0.433 e. The second-order valence-corrected chi connectivity index (χ2v) is 2.45. The number of aliphatic hydroxyl groups is 1. The molecule has 0 aromatic heterocycles. The first kappa shape index (κ1) is 12.4. The van der Waals surface area contributed by atoms with E-state index >= 15 is 0 Å². The van der Waals surface area contributed by atoms with Gasteiger partial charge < -0.3 is 14.6 Å². The fourth-order valence-electron chi connectivity index (χ4n) is 0.491. The maximum atomic E-state index is 11.0. The molecule has 78 valence electrons. The van der Waals surface area contributed by atoms with E-state index in [4.69, 9.17) is 5.11 Å². The molecule has 1 N–H and O–H groups in total. The molecule has 0 bridgehead atoms. The van der Waals surface area contributed by atoms with Crippen LogP contribution in [0.1, 0.15) is 13.8 Å². The Morgan fingerprint density at radius 3 is 2.50 bits per heavy atom. The van der Waals surface area contributed by atoms with Gasteiger partial charge in [-0.05, 0) is 13.8 Å². The highest BCUT2D eigenvalue weighted by atomic mass is 16.6. The zero-order valence-corrected chi connectivity index (χ0v) is 8.02. The first-order valence-electron chi connectivity index (χ1n) is 3.86. The average Bonchev–Trinajstić information content (AvgIpc) is 2.12. The van der Waals surface area contributed by atoms with Crippen LogP contribution in [0.15, 0.2) is 24.5 Å². The van der Waals surface area contributed by atoms with Crippen LogP contribution in [0.3, 0.4) is 0 Å². The molecule has 0 aliphatic carbocycles. The van der Waals surface area contributed by atoms with Crippen molar-refractivity contribution in [3.63, 3.8) is 0 Å². The van der Waals surface area contributed by atoms with E-state index in [1.807, 2.05) is 0 Å². The summed E-state index contributed by atoms with van der Waals surface area (Å²) >= 11 is 0. The minimum absolute atomic E-state index is 0.0705. The van der Waals surface area contributed by atoms with Crippen LogP contribution in [0.2, 0.25) is 0 Å². The predicted molar refractivity (Wildman–Crippen MR) is 47.8 cm³/mol. The van der Waals surface area contributed by atoms with Crippen molar-refractivity contribution in [3.8, 4) is 0 Å². The number of ether oxygens (including phenoxy) is 2. The summed E-state index contributed by atoms with van der Waals surface area (Å²) in [5.41, 5.74) is 0.0705. The topological polar surface area (TPSA) is 72.8 Å². The lowest BCUT2D eigenvalue weighted by Gasteiger charge is -2.06. The monoisotopic (exact) mass is 200 g/mol. The van der Waals surface area contributed by atoms with E-state index in [1.54, 1.807) is 0 Å². The lowest BCUT2D eigenvalue weighted by Crippen LogP contribution is -2.14. The van der Waals surface area contributed by atoms with Gasteiger partial charge in [-0.25, -0.2) is 9.59 Å². The highest BCUT2D eigenvalue weighted by molar-refractivity contribution is 5.88. The van der Waals surface area contributed by atoms with Gasteiger partial charge in [0, 0.05) is 6.08 Å². The molecule has 0 rings (SSSR count). The van der Waals surface area contributed by atoms with E-state index in [2.05, 4.69) is 16.1 Å². The molecule has 14 heavy (non-hydrogen) atoms. The molecular weight excluding hydrogens is 188 g/mol. The number of aliphatic hydroxyl groups excluding tert-OH is 1. The molecule has 0 aromatic rings. The molecule has 1 unspecified atom stereocenters. The van der Waals surface area contributed by atoms with E-state index in [0.717, 1.165) is 12.3 Å². The molecule has 5 heteroatoms. The van der Waals surface area contributed by atoms with Crippen LogP contribution in [0.5, 0.6) is 0 Å². The second kappa shape index (κ2) is 5.93. The van der Waals surface area contributed by atoms with Gasteiger partial charge in [0.05, 0.1) is 5.57 Å². The molecule has 0 saturated carbocycles. The summed E-state index contributed by atoms with van der Waals surface area (Å²) in [6.07, 6.45) is 0.708. The van der Waals surface area contributed by atoms with Crippen molar-refractivity contribution in [2.45, 2.75) is 20.1 Å². The SMILES string of the molecule is C=CC(=O)O/C=C(\C)C(=O)OC(C)O. The number of carbonyl (C=O) groups excluding carboxylic acids is 2. The molecule has 0 saturated heterocycles. The van der Waals surface area contributed by atoms with Crippen molar-refractivity contribution < 1.29 is 24.2 Å². The number of carbonyl (C=O) groups is 2. The second-order valence-electron chi connectivity index (χ2n) is 2.45. The van der Waals surface area contributed by atoms with Crippen LogP contribution in [0.4, 0.5) is 0 Å². The molecule has 0 heterocycles. The zero-order valence-electron chi connectivity index (χ0n) is 8.02. The van der Waals surface area contributed by atoms with Crippen LogP contribution in [-0.4, -0.2) is 23.3 Å². The maximum absolute atomic E-state index is 11.0. The van der Waals surface area contributed by atoms with E-state index in [-0.39, 0.29) is 5.57 Å². The summed E-state index contributed by atoms with van der Waals surface area (Å²) < 4.78 is 8.86. The standard InChI is InChI=1S/C9H12O5/c1-4-8(11)13-5-6(2)9(12)14-7(3)10/h4-5,7,10H,1H2,2-3H3/b6-5+. The fourth-order valence-corrected chi connectivity index (χ4v) is 0.491. The van der Waals surface area contributed by atoms with E-state index in [9.17, 15) is 9.59 Å². The predicted octanol–water partition coefficient (Wildman–Crippen LogP) is 0.501. The third-order valence-corrected chi connectivity index (χ3v) is 1.12. The molecule has 0 aromatic carbocycles. The van der Waals surface area contributed by atoms with Gasteiger partial charge in [-0.2, -0.15) is 0 Å². The molecule has 0 fully saturated rings. The number of esters is 2. The Kier molecular flexibility index (Phi) is 5.24. The lowest BCUT2D eigenvalue weighted by molar-refractivity contribution is -0.159. The first-order valence-corrected chi connectivity index (χ1v) is 3.86. The Balaban J connectivity index is 4.17. The lowest BCUT2D eigenvalue weighted by atomic mass is 10.3. The van der Waals surface area contributed by atoms with Crippen molar-refractivity contribution in [3.05, 3.63) is 24.5 Å². The molecule has 0 spiro atoms. The Hall–Kier alpha value is -1.62. The van der Waals surface area contributed by atoms with Gasteiger partial charge >= 0.3 is 11.9 Å². The van der Waals surface area contributed by atoms with Gasteiger partial charge in [0.2, 0.25) is 0 Å². The van der Waals surface area contributed by atoms with Crippen LogP contribution < -0.4 is 0 Å². The Bertz CT molecular complexity index is 264. The quantitative estimate of drug-likeness (QED) is 0.309. The summed E-state index contributed by atoms with van der Waals surface area (Å²) in [6.45, 7) is 5.85. The van der Waals surface area contributed by atoms with Crippen molar-refractivity contribution in [1.29, 1.82) is 0 Å². The highest BCUT2D eigenvalue weighted by Crippen LogP contribution is 1.99. The summed E-state index contributed by atoms with van der Waals surface area (Å²) in [5.74, 6) is -1.42. The Labute approximate surface area is 81.6 Å². The summed E-state index contributed by atoms with van der Waals surface area (Å²) in [5, 5.41) is 8.70. The number of hydrogen-bond donors (Lipinski definition) is 1. The van der Waals surface area contributed by atoms with Gasteiger partial charge in [0.25, 0.3) is 0 Å². The summed E-state index contributed by atoms with van der Waals surface area (Å²) in [7, 11) is 0. The van der Waals surface area contributed by atoms with Gasteiger partial charge in [-0.1, -0.05) is 6.58 Å². The third kappa shape index (κ3) is 5.10. The number of hydrogen-bond acceptors (Lipinski definition) is 5. The molecule has 0 aliphatic heterocycles. The maximum Gasteiger partial charge on any atom is 0.339 e. The van der Waals surface area contributed by atoms with Crippen molar-refractivity contribution in [1.82, 2.24) is 0 Å². The molecule has 1 atom stereocenters. The molecule has 0 aliphatic rings. The Morgan fingerprint density at radius 2 is 2.07 bits per heavy atom. The normalized spacial score (nSPS) is 12.9. The molecule has 0 amide bonds. The van der Waals surface area contributed by atoms with E-state index < -0.39 is 18.2 Å². The Morgan fingerprint density at radius 1 is 1.50 bits per heavy atom. The smallest absolute Gasteiger partial charge is 0.339 e. The van der Waals surface area contributed by atoms with Crippen molar-refractivity contribution in [2.75, 3.05) is 0 Å². The van der Waals surface area contributed by atoms with Gasteiger partial charge in [0.1, 0.15) is 6.26 Å². The highest BCUT2D eigenvalue weighted by Gasteiger charge is 2.09.